The molecule has 1 unspecified atom stereocenters. The van der Waals surface area contributed by atoms with E-state index in [1.807, 2.05) is 0 Å². The van der Waals surface area contributed by atoms with Gasteiger partial charge in [0.1, 0.15) is 0 Å². The fourth-order valence-electron chi connectivity index (χ4n) is 4.47. The molecule has 0 aliphatic carbocycles. The molecular weight excluding hydrogens is 396 g/mol. The number of aryl methyl sites for hydroxylation is 1. The van der Waals surface area contributed by atoms with E-state index in [1.165, 1.54) is 44.5 Å². The first kappa shape index (κ1) is 21.0. The monoisotopic (exact) mass is 424 g/mol. The molecule has 0 aliphatic heterocycles. The predicted octanol–water partition coefficient (Wildman–Crippen LogP) is 8.70. The SMILES string of the molecule is Cc1ccc(-c2ccc(CC(c3ccccc3)c3ccc(-c4ccccc4)cc3)cc2)cc1. The first-order valence-electron chi connectivity index (χ1n) is 11.6. The van der Waals surface area contributed by atoms with Gasteiger partial charge in [0.2, 0.25) is 0 Å². The van der Waals surface area contributed by atoms with Crippen molar-refractivity contribution in [2.75, 3.05) is 0 Å². The van der Waals surface area contributed by atoms with E-state index >= 15 is 0 Å². The van der Waals surface area contributed by atoms with Crippen LogP contribution < -0.4 is 0 Å². The van der Waals surface area contributed by atoms with Crippen molar-refractivity contribution in [3.63, 3.8) is 0 Å². The molecule has 0 heterocycles. The number of hydrogen-bond acceptors (Lipinski definition) is 0. The molecule has 5 rings (SSSR count). The molecule has 0 saturated carbocycles. The summed E-state index contributed by atoms with van der Waals surface area (Å²) >= 11 is 0. The van der Waals surface area contributed by atoms with Crippen molar-refractivity contribution in [3.05, 3.63) is 156 Å². The highest BCUT2D eigenvalue weighted by molar-refractivity contribution is 5.65. The number of hydrogen-bond donors (Lipinski definition) is 0. The molecular formula is C33H28. The van der Waals surface area contributed by atoms with Crippen molar-refractivity contribution in [1.29, 1.82) is 0 Å². The van der Waals surface area contributed by atoms with Gasteiger partial charge >= 0.3 is 0 Å². The molecule has 0 spiro atoms. The molecule has 0 saturated heterocycles. The lowest BCUT2D eigenvalue weighted by Crippen LogP contribution is -2.05. The Morgan fingerprint density at radius 3 is 1.42 bits per heavy atom. The van der Waals surface area contributed by atoms with E-state index in [1.54, 1.807) is 0 Å². The lowest BCUT2D eigenvalue weighted by atomic mass is 9.85. The van der Waals surface area contributed by atoms with Gasteiger partial charge in [0, 0.05) is 5.92 Å². The Balaban J connectivity index is 1.42. The van der Waals surface area contributed by atoms with E-state index < -0.39 is 0 Å². The molecule has 5 aromatic rings. The average molecular weight is 425 g/mol. The topological polar surface area (TPSA) is 0 Å². The molecule has 5 aromatic carbocycles. The van der Waals surface area contributed by atoms with Crippen LogP contribution in [0.5, 0.6) is 0 Å². The summed E-state index contributed by atoms with van der Waals surface area (Å²) in [6, 6.07) is 48.3. The molecule has 0 fully saturated rings. The first-order chi connectivity index (χ1) is 16.3. The van der Waals surface area contributed by atoms with Crippen LogP contribution in [-0.4, -0.2) is 0 Å². The van der Waals surface area contributed by atoms with Crippen molar-refractivity contribution < 1.29 is 0 Å². The highest BCUT2D eigenvalue weighted by Crippen LogP contribution is 2.31. The lowest BCUT2D eigenvalue weighted by Gasteiger charge is -2.19. The minimum atomic E-state index is 0.321. The van der Waals surface area contributed by atoms with E-state index in [0.29, 0.717) is 5.92 Å². The third kappa shape index (κ3) is 4.96. The predicted molar refractivity (Wildman–Crippen MR) is 140 cm³/mol. The standard InChI is InChI=1S/C33H28/c1-25-12-16-28(17-13-25)29-18-14-26(15-19-29)24-33(31-10-6-3-7-11-31)32-22-20-30(21-23-32)27-8-4-2-5-9-27/h2-23,33H,24H2,1H3. The molecule has 0 radical (unpaired) electrons. The summed E-state index contributed by atoms with van der Waals surface area (Å²) in [5.41, 5.74) is 10.4. The van der Waals surface area contributed by atoms with E-state index in [2.05, 4.69) is 140 Å². The Hall–Kier alpha value is -3.90. The molecule has 0 heteroatoms. The van der Waals surface area contributed by atoms with Gasteiger partial charge in [-0.1, -0.05) is 139 Å². The van der Waals surface area contributed by atoms with Crippen LogP contribution in [0.25, 0.3) is 22.3 Å². The normalized spacial score (nSPS) is 11.8. The first-order valence-corrected chi connectivity index (χ1v) is 11.6. The van der Waals surface area contributed by atoms with Gasteiger partial charge < -0.3 is 0 Å². The highest BCUT2D eigenvalue weighted by atomic mass is 14.2. The quantitative estimate of drug-likeness (QED) is 0.256. The fraction of sp³-hybridized carbons (Fsp3) is 0.0909. The van der Waals surface area contributed by atoms with Crippen LogP contribution in [0, 0.1) is 6.92 Å². The van der Waals surface area contributed by atoms with Crippen LogP contribution in [0.3, 0.4) is 0 Å². The fourth-order valence-corrected chi connectivity index (χ4v) is 4.47. The van der Waals surface area contributed by atoms with Gasteiger partial charge in [0.25, 0.3) is 0 Å². The minimum absolute atomic E-state index is 0.321. The van der Waals surface area contributed by atoms with Crippen molar-refractivity contribution in [1.82, 2.24) is 0 Å². The number of rotatable bonds is 6. The summed E-state index contributed by atoms with van der Waals surface area (Å²) < 4.78 is 0. The molecule has 0 amide bonds. The Morgan fingerprint density at radius 2 is 0.848 bits per heavy atom. The molecule has 160 valence electrons. The zero-order valence-corrected chi connectivity index (χ0v) is 19.0. The second-order valence-corrected chi connectivity index (χ2v) is 8.72. The van der Waals surface area contributed by atoms with Gasteiger partial charge in [-0.2, -0.15) is 0 Å². The average Bonchev–Trinajstić information content (AvgIpc) is 2.89. The van der Waals surface area contributed by atoms with E-state index in [4.69, 9.17) is 0 Å². The zero-order chi connectivity index (χ0) is 22.5. The minimum Gasteiger partial charge on any atom is -0.0622 e. The van der Waals surface area contributed by atoms with Crippen LogP contribution >= 0.6 is 0 Å². The second-order valence-electron chi connectivity index (χ2n) is 8.72. The summed E-state index contributed by atoms with van der Waals surface area (Å²) in [6.45, 7) is 2.13. The highest BCUT2D eigenvalue weighted by Gasteiger charge is 2.15. The summed E-state index contributed by atoms with van der Waals surface area (Å²) in [5, 5.41) is 0. The maximum Gasteiger partial charge on any atom is 0.0130 e. The van der Waals surface area contributed by atoms with Crippen LogP contribution in [-0.2, 0) is 6.42 Å². The van der Waals surface area contributed by atoms with Crippen molar-refractivity contribution >= 4 is 0 Å². The van der Waals surface area contributed by atoms with E-state index in [-0.39, 0.29) is 0 Å². The van der Waals surface area contributed by atoms with Crippen molar-refractivity contribution in [3.8, 4) is 22.3 Å². The third-order valence-corrected chi connectivity index (χ3v) is 6.40. The number of benzene rings is 5. The zero-order valence-electron chi connectivity index (χ0n) is 19.0. The largest absolute Gasteiger partial charge is 0.0622 e. The van der Waals surface area contributed by atoms with Gasteiger partial charge in [0.05, 0.1) is 0 Å². The van der Waals surface area contributed by atoms with Crippen LogP contribution in [0.4, 0.5) is 0 Å². The summed E-state index contributed by atoms with van der Waals surface area (Å²) in [6.07, 6.45) is 0.975. The molecule has 0 N–H and O–H groups in total. The molecule has 0 aromatic heterocycles. The molecule has 0 nitrogen and oxygen atoms in total. The maximum absolute atomic E-state index is 2.29. The Labute approximate surface area is 197 Å². The summed E-state index contributed by atoms with van der Waals surface area (Å²) in [4.78, 5) is 0. The molecule has 33 heavy (non-hydrogen) atoms. The summed E-state index contributed by atoms with van der Waals surface area (Å²) in [7, 11) is 0. The smallest absolute Gasteiger partial charge is 0.0130 e. The lowest BCUT2D eigenvalue weighted by molar-refractivity contribution is 0.805. The summed E-state index contributed by atoms with van der Waals surface area (Å²) in [5.74, 6) is 0.321. The Kier molecular flexibility index (Phi) is 6.17. The molecule has 1 atom stereocenters. The van der Waals surface area contributed by atoms with Crippen molar-refractivity contribution in [2.24, 2.45) is 0 Å². The second kappa shape index (κ2) is 9.71. The van der Waals surface area contributed by atoms with Crippen LogP contribution in [0.1, 0.15) is 28.2 Å². The third-order valence-electron chi connectivity index (χ3n) is 6.40. The maximum atomic E-state index is 2.29. The van der Waals surface area contributed by atoms with Gasteiger partial charge in [0.15, 0.2) is 0 Å². The van der Waals surface area contributed by atoms with E-state index in [9.17, 15) is 0 Å². The van der Waals surface area contributed by atoms with Crippen LogP contribution in [0.2, 0.25) is 0 Å². The van der Waals surface area contributed by atoms with Gasteiger partial charge in [-0.05, 0) is 52.3 Å². The molecule has 0 bridgehead atoms. The Bertz CT molecular complexity index is 1280. The van der Waals surface area contributed by atoms with Gasteiger partial charge in [-0.15, -0.1) is 0 Å². The van der Waals surface area contributed by atoms with Crippen molar-refractivity contribution in [2.45, 2.75) is 19.3 Å². The van der Waals surface area contributed by atoms with E-state index in [0.717, 1.165) is 6.42 Å². The van der Waals surface area contributed by atoms with Gasteiger partial charge in [-0.25, -0.2) is 0 Å². The molecule has 0 aliphatic rings. The van der Waals surface area contributed by atoms with Gasteiger partial charge in [-0.3, -0.25) is 0 Å². The van der Waals surface area contributed by atoms with Crippen LogP contribution in [0.15, 0.2) is 133 Å². The Morgan fingerprint density at radius 1 is 0.424 bits per heavy atom.